The fraction of sp³-hybridized carbons (Fsp3) is 0.895. The Hall–Kier alpha value is -1.10. The number of hydrogen-bond acceptors (Lipinski definition) is 5. The Kier molecular flexibility index (Phi) is 6.13. The molecule has 0 radical (unpaired) electrons. The number of hydrogen-bond donors (Lipinski definition) is 0. The maximum atomic E-state index is 12.6. The molecule has 5 heteroatoms. The molecule has 0 aromatic rings. The Morgan fingerprint density at radius 3 is 2.08 bits per heavy atom. The highest BCUT2D eigenvalue weighted by Gasteiger charge is 2.56. The molecule has 5 nitrogen and oxygen atoms in total. The number of nitrogens with zero attached hydrogens (tertiary/aromatic N) is 1. The standard InChI is InChI=1S/C19H35NO4/c1-10-18(8)12-15(23-14(4)21)13(3)19(9,11-2)20(18)24-16(22)17(5,6)7/h13,15H,10-12H2,1-9H3. The van der Waals surface area contributed by atoms with Crippen LogP contribution >= 0.6 is 0 Å². The minimum absolute atomic E-state index is 0.0544. The van der Waals surface area contributed by atoms with E-state index in [1.807, 2.05) is 25.8 Å². The van der Waals surface area contributed by atoms with Crippen molar-refractivity contribution in [1.82, 2.24) is 5.06 Å². The van der Waals surface area contributed by atoms with Crippen LogP contribution in [0.4, 0.5) is 0 Å². The van der Waals surface area contributed by atoms with Gasteiger partial charge in [0.15, 0.2) is 0 Å². The smallest absolute Gasteiger partial charge is 0.330 e. The summed E-state index contributed by atoms with van der Waals surface area (Å²) in [7, 11) is 0. The molecule has 1 saturated heterocycles. The van der Waals surface area contributed by atoms with Crippen molar-refractivity contribution >= 4 is 11.9 Å². The molecule has 4 unspecified atom stereocenters. The van der Waals surface area contributed by atoms with Crippen molar-refractivity contribution in [3.05, 3.63) is 0 Å². The average Bonchev–Trinajstić information content (AvgIpc) is 2.47. The zero-order valence-electron chi connectivity index (χ0n) is 16.9. The number of carbonyl (C=O) groups is 2. The van der Waals surface area contributed by atoms with Crippen LogP contribution in [0, 0.1) is 11.3 Å². The van der Waals surface area contributed by atoms with Crippen molar-refractivity contribution in [2.75, 3.05) is 0 Å². The molecule has 1 heterocycles. The Labute approximate surface area is 147 Å². The van der Waals surface area contributed by atoms with Gasteiger partial charge in [-0.2, -0.15) is 0 Å². The fourth-order valence-electron chi connectivity index (χ4n) is 3.44. The SMILES string of the molecule is CCC1(C)CC(OC(C)=O)C(C)C(C)(CC)N1OC(=O)C(C)(C)C. The predicted molar refractivity (Wildman–Crippen MR) is 94.1 cm³/mol. The van der Waals surface area contributed by atoms with Gasteiger partial charge in [-0.1, -0.05) is 20.8 Å². The van der Waals surface area contributed by atoms with E-state index in [-0.39, 0.29) is 29.5 Å². The van der Waals surface area contributed by atoms with Gasteiger partial charge in [-0.05, 0) is 47.5 Å². The van der Waals surface area contributed by atoms with Crippen molar-refractivity contribution in [3.63, 3.8) is 0 Å². The second-order valence-electron chi connectivity index (χ2n) is 8.63. The average molecular weight is 341 g/mol. The van der Waals surface area contributed by atoms with E-state index < -0.39 is 11.0 Å². The van der Waals surface area contributed by atoms with Crippen LogP contribution in [0.3, 0.4) is 0 Å². The first-order valence-electron chi connectivity index (χ1n) is 9.01. The van der Waals surface area contributed by atoms with Crippen LogP contribution in [0.1, 0.15) is 81.6 Å². The van der Waals surface area contributed by atoms with Crippen LogP contribution < -0.4 is 0 Å². The molecule has 0 saturated carbocycles. The number of ether oxygens (including phenoxy) is 1. The lowest BCUT2D eigenvalue weighted by atomic mass is 9.69. The summed E-state index contributed by atoms with van der Waals surface area (Å²) in [6.45, 7) is 17.4. The van der Waals surface area contributed by atoms with Gasteiger partial charge in [-0.3, -0.25) is 4.79 Å². The lowest BCUT2D eigenvalue weighted by molar-refractivity contribution is -0.304. The fourth-order valence-corrected chi connectivity index (χ4v) is 3.44. The Morgan fingerprint density at radius 1 is 1.17 bits per heavy atom. The van der Waals surface area contributed by atoms with Crippen LogP contribution in [0.2, 0.25) is 0 Å². The molecule has 1 rings (SSSR count). The third-order valence-corrected chi connectivity index (χ3v) is 5.72. The number of carbonyl (C=O) groups excluding carboxylic acids is 2. The monoisotopic (exact) mass is 341 g/mol. The van der Waals surface area contributed by atoms with Gasteiger partial charge < -0.3 is 9.57 Å². The Morgan fingerprint density at radius 2 is 1.71 bits per heavy atom. The molecule has 140 valence electrons. The molecule has 0 aromatic carbocycles. The molecule has 0 aliphatic carbocycles. The van der Waals surface area contributed by atoms with Crippen molar-refractivity contribution < 1.29 is 19.2 Å². The van der Waals surface area contributed by atoms with E-state index in [0.717, 1.165) is 12.8 Å². The summed E-state index contributed by atoms with van der Waals surface area (Å²) in [5, 5.41) is 1.90. The minimum Gasteiger partial charge on any atom is -0.462 e. The van der Waals surface area contributed by atoms with E-state index in [4.69, 9.17) is 9.57 Å². The molecule has 24 heavy (non-hydrogen) atoms. The van der Waals surface area contributed by atoms with Crippen molar-refractivity contribution in [2.45, 2.75) is 98.8 Å². The highest BCUT2D eigenvalue weighted by molar-refractivity contribution is 5.75. The summed E-state index contributed by atoms with van der Waals surface area (Å²) in [6, 6.07) is 0. The molecule has 1 aliphatic heterocycles. The summed E-state index contributed by atoms with van der Waals surface area (Å²) in [6.07, 6.45) is 2.06. The summed E-state index contributed by atoms with van der Waals surface area (Å²) in [5.41, 5.74) is -1.35. The van der Waals surface area contributed by atoms with Crippen molar-refractivity contribution in [3.8, 4) is 0 Å². The minimum atomic E-state index is -0.570. The second kappa shape index (κ2) is 7.03. The van der Waals surface area contributed by atoms with Crippen LogP contribution in [0.15, 0.2) is 0 Å². The van der Waals surface area contributed by atoms with E-state index >= 15 is 0 Å². The summed E-state index contributed by atoms with van der Waals surface area (Å²) in [5.74, 6) is -0.442. The molecule has 0 aromatic heterocycles. The largest absolute Gasteiger partial charge is 0.462 e. The molecule has 0 spiro atoms. The van der Waals surface area contributed by atoms with E-state index in [1.165, 1.54) is 6.92 Å². The molecule has 0 N–H and O–H groups in total. The van der Waals surface area contributed by atoms with Crippen LogP contribution in [0.5, 0.6) is 0 Å². The Balaban J connectivity index is 3.27. The summed E-state index contributed by atoms with van der Waals surface area (Å²) >= 11 is 0. The van der Waals surface area contributed by atoms with E-state index in [0.29, 0.717) is 6.42 Å². The van der Waals surface area contributed by atoms with Gasteiger partial charge in [-0.25, -0.2) is 4.79 Å². The molecule has 1 fully saturated rings. The maximum Gasteiger partial charge on any atom is 0.330 e. The van der Waals surface area contributed by atoms with Gasteiger partial charge in [0.05, 0.1) is 16.5 Å². The topological polar surface area (TPSA) is 55.8 Å². The first-order valence-corrected chi connectivity index (χ1v) is 9.01. The van der Waals surface area contributed by atoms with E-state index in [2.05, 4.69) is 34.6 Å². The van der Waals surface area contributed by atoms with Gasteiger partial charge in [0.1, 0.15) is 6.10 Å². The van der Waals surface area contributed by atoms with Crippen LogP contribution in [0.25, 0.3) is 0 Å². The molecule has 1 aliphatic rings. The first-order chi connectivity index (χ1) is 10.8. The number of piperidine rings is 1. The molecule has 4 atom stereocenters. The third-order valence-electron chi connectivity index (χ3n) is 5.72. The van der Waals surface area contributed by atoms with Gasteiger partial charge in [0.2, 0.25) is 0 Å². The molecular formula is C19H35NO4. The number of rotatable bonds is 4. The lowest BCUT2D eigenvalue weighted by Gasteiger charge is -2.58. The van der Waals surface area contributed by atoms with E-state index in [9.17, 15) is 9.59 Å². The van der Waals surface area contributed by atoms with Gasteiger partial charge in [0, 0.05) is 19.3 Å². The zero-order chi connectivity index (χ0) is 18.9. The predicted octanol–water partition coefficient (Wildman–Crippen LogP) is 4.10. The quantitative estimate of drug-likeness (QED) is 0.721. The van der Waals surface area contributed by atoms with E-state index in [1.54, 1.807) is 0 Å². The lowest BCUT2D eigenvalue weighted by Crippen LogP contribution is -2.68. The highest BCUT2D eigenvalue weighted by atomic mass is 16.7. The summed E-state index contributed by atoms with van der Waals surface area (Å²) in [4.78, 5) is 30.0. The van der Waals surface area contributed by atoms with Crippen LogP contribution in [-0.4, -0.2) is 34.2 Å². The zero-order valence-corrected chi connectivity index (χ0v) is 16.9. The van der Waals surface area contributed by atoms with Gasteiger partial charge in [-0.15, -0.1) is 5.06 Å². The second-order valence-corrected chi connectivity index (χ2v) is 8.63. The summed E-state index contributed by atoms with van der Waals surface area (Å²) < 4.78 is 5.61. The third kappa shape index (κ3) is 3.93. The first kappa shape index (κ1) is 20.9. The van der Waals surface area contributed by atoms with Gasteiger partial charge >= 0.3 is 11.9 Å². The molecule has 0 amide bonds. The molecular weight excluding hydrogens is 306 g/mol. The van der Waals surface area contributed by atoms with Crippen LogP contribution in [-0.2, 0) is 19.2 Å². The molecule has 0 bridgehead atoms. The maximum absolute atomic E-state index is 12.6. The van der Waals surface area contributed by atoms with Crippen molar-refractivity contribution in [2.24, 2.45) is 11.3 Å². The van der Waals surface area contributed by atoms with Gasteiger partial charge in [0.25, 0.3) is 0 Å². The number of esters is 1. The van der Waals surface area contributed by atoms with Crippen molar-refractivity contribution in [1.29, 1.82) is 0 Å². The number of hydroxylamine groups is 2. The highest BCUT2D eigenvalue weighted by Crippen LogP contribution is 2.47. The normalized spacial score (nSPS) is 34.7. The Bertz CT molecular complexity index is 484.